The molecular weight excluding hydrogens is 434 g/mol. The molecule has 0 radical (unpaired) electrons. The van der Waals surface area contributed by atoms with Gasteiger partial charge in [-0.3, -0.25) is 18.7 Å². The SMILES string of the molecule is COc1cc2c(=O)n(Cc3ccccc3)c(=O)n(CC(=O)N3C[C@H](C)C[C@@H](C)C3)c2cc1OC. The number of nitrogens with zero attached hydrogens (tertiary/aromatic N) is 3. The Labute approximate surface area is 198 Å². The lowest BCUT2D eigenvalue weighted by Crippen LogP contribution is -2.47. The minimum absolute atomic E-state index is 0.106. The van der Waals surface area contributed by atoms with Crippen molar-refractivity contribution in [2.24, 2.45) is 11.8 Å². The van der Waals surface area contributed by atoms with Crippen LogP contribution in [0.2, 0.25) is 0 Å². The molecular formula is C26H31N3O5. The lowest BCUT2D eigenvalue weighted by molar-refractivity contribution is -0.134. The number of rotatable bonds is 6. The Morgan fingerprint density at radius 3 is 2.18 bits per heavy atom. The summed E-state index contributed by atoms with van der Waals surface area (Å²) in [6, 6.07) is 12.5. The Hall–Kier alpha value is -3.55. The van der Waals surface area contributed by atoms with E-state index in [4.69, 9.17) is 9.47 Å². The summed E-state index contributed by atoms with van der Waals surface area (Å²) in [7, 11) is 2.98. The third-order valence-electron chi connectivity index (χ3n) is 6.43. The van der Waals surface area contributed by atoms with Crippen LogP contribution in [-0.2, 0) is 17.9 Å². The number of piperidine rings is 1. The number of fused-ring (bicyclic) bond motifs is 1. The molecule has 0 unspecified atom stereocenters. The van der Waals surface area contributed by atoms with E-state index < -0.39 is 11.2 Å². The number of carbonyl (C=O) groups excluding carboxylic acids is 1. The highest BCUT2D eigenvalue weighted by atomic mass is 16.5. The van der Waals surface area contributed by atoms with Gasteiger partial charge in [0.05, 0.1) is 31.7 Å². The molecule has 2 heterocycles. The zero-order valence-corrected chi connectivity index (χ0v) is 20.1. The molecule has 1 aliphatic rings. The highest BCUT2D eigenvalue weighted by Gasteiger charge is 2.27. The van der Waals surface area contributed by atoms with Crippen LogP contribution in [0.15, 0.2) is 52.1 Å². The smallest absolute Gasteiger partial charge is 0.332 e. The molecule has 0 bridgehead atoms. The monoisotopic (exact) mass is 465 g/mol. The van der Waals surface area contributed by atoms with Crippen LogP contribution >= 0.6 is 0 Å². The maximum absolute atomic E-state index is 13.6. The number of benzene rings is 2. The molecule has 1 fully saturated rings. The molecule has 2 aromatic carbocycles. The number of ether oxygens (including phenoxy) is 2. The number of hydrogen-bond donors (Lipinski definition) is 0. The minimum atomic E-state index is -0.528. The molecule has 8 heteroatoms. The van der Waals surface area contributed by atoms with Crippen molar-refractivity contribution in [2.45, 2.75) is 33.4 Å². The zero-order valence-electron chi connectivity index (χ0n) is 20.1. The normalized spacial score (nSPS) is 18.2. The third kappa shape index (κ3) is 4.58. The van der Waals surface area contributed by atoms with Gasteiger partial charge in [-0.2, -0.15) is 0 Å². The number of methoxy groups -OCH3 is 2. The van der Waals surface area contributed by atoms with Crippen molar-refractivity contribution in [2.75, 3.05) is 27.3 Å². The van der Waals surface area contributed by atoms with E-state index in [0.717, 1.165) is 12.0 Å². The first-order valence-electron chi connectivity index (χ1n) is 11.5. The van der Waals surface area contributed by atoms with Gasteiger partial charge in [0.25, 0.3) is 5.56 Å². The zero-order chi connectivity index (χ0) is 24.4. The molecule has 0 N–H and O–H groups in total. The highest BCUT2D eigenvalue weighted by molar-refractivity contribution is 5.84. The second-order valence-corrected chi connectivity index (χ2v) is 9.21. The largest absolute Gasteiger partial charge is 0.493 e. The first kappa shape index (κ1) is 23.6. The summed E-state index contributed by atoms with van der Waals surface area (Å²) >= 11 is 0. The highest BCUT2D eigenvalue weighted by Crippen LogP contribution is 2.30. The third-order valence-corrected chi connectivity index (χ3v) is 6.43. The van der Waals surface area contributed by atoms with E-state index in [0.29, 0.717) is 47.3 Å². The van der Waals surface area contributed by atoms with Crippen molar-refractivity contribution in [3.8, 4) is 11.5 Å². The molecule has 180 valence electrons. The van der Waals surface area contributed by atoms with E-state index >= 15 is 0 Å². The summed E-state index contributed by atoms with van der Waals surface area (Å²) in [6.45, 7) is 5.55. The van der Waals surface area contributed by atoms with Crippen molar-refractivity contribution < 1.29 is 14.3 Å². The second kappa shape index (κ2) is 9.75. The van der Waals surface area contributed by atoms with Crippen molar-refractivity contribution in [1.29, 1.82) is 0 Å². The van der Waals surface area contributed by atoms with E-state index in [9.17, 15) is 14.4 Å². The van der Waals surface area contributed by atoms with Gasteiger partial charge in [0.2, 0.25) is 5.91 Å². The predicted molar refractivity (Wildman–Crippen MR) is 131 cm³/mol. The van der Waals surface area contributed by atoms with Gasteiger partial charge in [0.1, 0.15) is 6.54 Å². The van der Waals surface area contributed by atoms with E-state index in [-0.39, 0.29) is 19.0 Å². The average Bonchev–Trinajstić information content (AvgIpc) is 2.83. The van der Waals surface area contributed by atoms with Crippen LogP contribution in [0.5, 0.6) is 11.5 Å². The van der Waals surface area contributed by atoms with Gasteiger partial charge in [-0.15, -0.1) is 0 Å². The number of likely N-dealkylation sites (tertiary alicyclic amines) is 1. The van der Waals surface area contributed by atoms with Crippen molar-refractivity contribution in [3.05, 3.63) is 68.9 Å². The molecule has 1 amide bonds. The van der Waals surface area contributed by atoms with Crippen LogP contribution < -0.4 is 20.7 Å². The fourth-order valence-corrected chi connectivity index (χ4v) is 4.90. The molecule has 0 spiro atoms. The van der Waals surface area contributed by atoms with E-state index in [2.05, 4.69) is 13.8 Å². The van der Waals surface area contributed by atoms with Gasteiger partial charge in [-0.1, -0.05) is 44.2 Å². The summed E-state index contributed by atoms with van der Waals surface area (Å²) in [4.78, 5) is 42.1. The molecule has 0 saturated carbocycles. The molecule has 3 aromatic rings. The first-order valence-corrected chi connectivity index (χ1v) is 11.5. The van der Waals surface area contributed by atoms with Gasteiger partial charge < -0.3 is 14.4 Å². The molecule has 34 heavy (non-hydrogen) atoms. The van der Waals surface area contributed by atoms with Crippen LogP contribution in [0.25, 0.3) is 10.9 Å². The van der Waals surface area contributed by atoms with Gasteiger partial charge in [-0.05, 0) is 29.9 Å². The Bertz CT molecular complexity index is 1300. The van der Waals surface area contributed by atoms with E-state index in [1.54, 1.807) is 12.1 Å². The molecule has 4 rings (SSSR count). The van der Waals surface area contributed by atoms with Crippen LogP contribution in [-0.4, -0.2) is 47.3 Å². The Kier molecular flexibility index (Phi) is 6.77. The lowest BCUT2D eigenvalue weighted by atomic mass is 9.92. The predicted octanol–water partition coefficient (Wildman–Crippen LogP) is 2.73. The number of amides is 1. The van der Waals surface area contributed by atoms with Crippen LogP contribution in [0.4, 0.5) is 0 Å². The Morgan fingerprint density at radius 2 is 1.56 bits per heavy atom. The van der Waals surface area contributed by atoms with E-state index in [1.807, 2.05) is 35.2 Å². The summed E-state index contributed by atoms with van der Waals surface area (Å²) in [5, 5.41) is 0.293. The van der Waals surface area contributed by atoms with Crippen molar-refractivity contribution >= 4 is 16.8 Å². The van der Waals surface area contributed by atoms with Gasteiger partial charge >= 0.3 is 5.69 Å². The summed E-state index contributed by atoms with van der Waals surface area (Å²) in [5.74, 6) is 1.43. The summed E-state index contributed by atoms with van der Waals surface area (Å²) in [6.07, 6.45) is 1.08. The molecule has 2 atom stereocenters. The maximum atomic E-state index is 13.6. The number of carbonyl (C=O) groups is 1. The van der Waals surface area contributed by atoms with Gasteiger partial charge in [0.15, 0.2) is 11.5 Å². The fourth-order valence-electron chi connectivity index (χ4n) is 4.90. The fraction of sp³-hybridized carbons (Fsp3) is 0.423. The van der Waals surface area contributed by atoms with Gasteiger partial charge in [-0.25, -0.2) is 4.79 Å². The van der Waals surface area contributed by atoms with Crippen molar-refractivity contribution in [1.82, 2.24) is 14.0 Å². The van der Waals surface area contributed by atoms with Crippen LogP contribution in [0.3, 0.4) is 0 Å². The topological polar surface area (TPSA) is 82.8 Å². The number of aromatic nitrogens is 2. The number of hydrogen-bond acceptors (Lipinski definition) is 5. The molecule has 1 aromatic heterocycles. The minimum Gasteiger partial charge on any atom is -0.493 e. The van der Waals surface area contributed by atoms with Gasteiger partial charge in [0, 0.05) is 19.2 Å². The summed E-state index contributed by atoms with van der Waals surface area (Å²) in [5.41, 5.74) is 0.204. The molecule has 0 aliphatic carbocycles. The second-order valence-electron chi connectivity index (χ2n) is 9.21. The first-order chi connectivity index (χ1) is 16.3. The van der Waals surface area contributed by atoms with E-state index in [1.165, 1.54) is 23.4 Å². The average molecular weight is 466 g/mol. The Balaban J connectivity index is 1.86. The quantitative estimate of drug-likeness (QED) is 0.559. The summed E-state index contributed by atoms with van der Waals surface area (Å²) < 4.78 is 13.4. The molecule has 1 saturated heterocycles. The van der Waals surface area contributed by atoms with Crippen LogP contribution in [0.1, 0.15) is 25.8 Å². The molecule has 1 aliphatic heterocycles. The van der Waals surface area contributed by atoms with Crippen LogP contribution in [0, 0.1) is 11.8 Å². The Morgan fingerprint density at radius 1 is 0.941 bits per heavy atom. The lowest BCUT2D eigenvalue weighted by Gasteiger charge is -2.35. The van der Waals surface area contributed by atoms with Crippen molar-refractivity contribution in [3.63, 3.8) is 0 Å². The molecule has 8 nitrogen and oxygen atoms in total. The standard InChI is InChI=1S/C26H31N3O5/c1-17-10-18(2)14-27(13-17)24(30)16-28-21-12-23(34-4)22(33-3)11-20(21)25(31)29(26(28)32)15-19-8-6-5-7-9-19/h5-9,11-12,17-18H,10,13-16H2,1-4H3/t17-,18-/m1/s1. The maximum Gasteiger partial charge on any atom is 0.332 e.